The molecule has 0 fully saturated rings. The molecule has 0 aliphatic rings. The average Bonchev–Trinajstić information content (AvgIpc) is 3.91. The third kappa shape index (κ3) is 8.24. The van der Waals surface area contributed by atoms with Crippen LogP contribution in [0.1, 0.15) is 79.0 Å². The number of nitrogens with zero attached hydrogens (tertiary/aromatic N) is 3. The Labute approximate surface area is 425 Å². The smallest absolute Gasteiger partial charge is 0.148 e. The van der Waals surface area contributed by atoms with Gasteiger partial charge in [0.05, 0.1) is 22.3 Å². The second-order valence-corrected chi connectivity index (χ2v) is 21.6. The molecule has 0 unspecified atom stereocenters. The van der Waals surface area contributed by atoms with Crippen molar-refractivity contribution in [2.24, 2.45) is 0 Å². The van der Waals surface area contributed by atoms with Crippen LogP contribution in [0.4, 0.5) is 0 Å². The summed E-state index contributed by atoms with van der Waals surface area (Å²) in [6.45, 7) is 19.9. The van der Waals surface area contributed by atoms with Crippen molar-refractivity contribution in [1.29, 1.82) is 0 Å². The van der Waals surface area contributed by atoms with Gasteiger partial charge in [-0.15, -0.1) is 23.8 Å². The molecule has 3 heterocycles. The topological polar surface area (TPSA) is 64.1 Å². The van der Waals surface area contributed by atoms with Gasteiger partial charge in [0, 0.05) is 54.9 Å². The molecule has 0 saturated heterocycles. The fourth-order valence-electron chi connectivity index (χ4n) is 9.85. The second kappa shape index (κ2) is 17.4. The molecule has 3 aromatic heterocycles. The Bertz CT molecular complexity index is 3790. The molecule has 0 aliphatic heterocycles. The van der Waals surface area contributed by atoms with E-state index in [1.807, 2.05) is 18.3 Å². The maximum Gasteiger partial charge on any atom is 0.148 e. The molecule has 0 bridgehead atoms. The zero-order valence-electron chi connectivity index (χ0n) is 41.2. The molecule has 0 atom stereocenters. The number of furan rings is 1. The maximum absolute atomic E-state index is 12.6. The van der Waals surface area contributed by atoms with Gasteiger partial charge in [-0.2, -0.15) is 0 Å². The molecule has 8 aromatic carbocycles. The van der Waals surface area contributed by atoms with Crippen LogP contribution in [-0.2, 0) is 37.3 Å². The minimum Gasteiger partial charge on any atom is -0.507 e. The van der Waals surface area contributed by atoms with Crippen molar-refractivity contribution in [3.8, 4) is 67.5 Å². The first kappa shape index (κ1) is 46.6. The maximum atomic E-state index is 12.6. The van der Waals surface area contributed by atoms with Crippen LogP contribution >= 0.6 is 0 Å². The average molecular weight is 1090 g/mol. The summed E-state index contributed by atoms with van der Waals surface area (Å²) in [4.78, 5) is 10.8. The molecule has 350 valence electrons. The van der Waals surface area contributed by atoms with Gasteiger partial charge in [0.1, 0.15) is 22.7 Å². The molecule has 11 rings (SSSR count). The van der Waals surface area contributed by atoms with Gasteiger partial charge in [0.15, 0.2) is 0 Å². The van der Waals surface area contributed by atoms with Crippen molar-refractivity contribution in [3.63, 3.8) is 0 Å². The summed E-state index contributed by atoms with van der Waals surface area (Å²) in [7, 11) is 0. The van der Waals surface area contributed by atoms with Crippen molar-refractivity contribution in [3.05, 3.63) is 193 Å². The number of hydrogen-bond acceptors (Lipinski definition) is 4. The predicted octanol–water partition coefficient (Wildman–Crippen LogP) is 17.2. The van der Waals surface area contributed by atoms with Crippen molar-refractivity contribution >= 4 is 43.7 Å². The summed E-state index contributed by atoms with van der Waals surface area (Å²) >= 11 is 0. The third-order valence-electron chi connectivity index (χ3n) is 13.7. The number of phenols is 1. The minimum absolute atomic E-state index is 0. The van der Waals surface area contributed by atoms with E-state index in [2.05, 4.69) is 225 Å². The fraction of sp³-hybridized carbons (Fsp3) is 0.188. The van der Waals surface area contributed by atoms with Crippen LogP contribution in [0.2, 0.25) is 0 Å². The summed E-state index contributed by atoms with van der Waals surface area (Å²) < 4.78 is 8.83. The van der Waals surface area contributed by atoms with Crippen LogP contribution in [0.5, 0.6) is 5.75 Å². The standard InChI is InChI=1S/C64H56N3O2.Pt/c1-62(2,3)46-27-28-53(49(36-46)40-21-14-11-15-22-40)67-54-26-18-25-48(59(54)66-61(67)51-37-47(63(4,5)6)38-52(60(51)68)64(7,8)9)44-31-43(39-19-12-10-13-20-39)32-45(33-44)58-57-50-34-41-23-16-17-24-42(41)35-56(50)69-55(57)29-30-65-58;/h10-32,34-38,68H,1-9H3;/q-1;. The van der Waals surface area contributed by atoms with E-state index in [1.54, 1.807) is 0 Å². The number of benzene rings is 8. The first-order valence-electron chi connectivity index (χ1n) is 23.9. The van der Waals surface area contributed by atoms with E-state index in [-0.39, 0.29) is 43.1 Å². The van der Waals surface area contributed by atoms with Crippen LogP contribution in [0.15, 0.2) is 174 Å². The minimum atomic E-state index is -0.348. The largest absolute Gasteiger partial charge is 0.507 e. The number of para-hydroxylation sites is 1. The monoisotopic (exact) mass is 1090 g/mol. The molecule has 11 aromatic rings. The second-order valence-electron chi connectivity index (χ2n) is 21.6. The normalized spacial score (nSPS) is 12.3. The Morgan fingerprint density at radius 2 is 1.17 bits per heavy atom. The first-order valence-corrected chi connectivity index (χ1v) is 23.9. The number of rotatable bonds is 6. The van der Waals surface area contributed by atoms with E-state index < -0.39 is 0 Å². The Hall–Kier alpha value is -7.07. The zero-order chi connectivity index (χ0) is 48.0. The molecule has 70 heavy (non-hydrogen) atoms. The van der Waals surface area contributed by atoms with Crippen LogP contribution < -0.4 is 0 Å². The van der Waals surface area contributed by atoms with E-state index in [1.165, 1.54) is 5.56 Å². The van der Waals surface area contributed by atoms with Gasteiger partial charge in [-0.1, -0.05) is 188 Å². The van der Waals surface area contributed by atoms with Gasteiger partial charge in [-0.3, -0.25) is 9.55 Å². The van der Waals surface area contributed by atoms with Crippen LogP contribution in [0.25, 0.3) is 105 Å². The van der Waals surface area contributed by atoms with Crippen molar-refractivity contribution in [1.82, 2.24) is 14.5 Å². The van der Waals surface area contributed by atoms with Gasteiger partial charge in [0.25, 0.3) is 0 Å². The Morgan fingerprint density at radius 1 is 0.529 bits per heavy atom. The van der Waals surface area contributed by atoms with Gasteiger partial charge < -0.3 is 9.52 Å². The molecule has 0 saturated carbocycles. The summed E-state index contributed by atoms with van der Waals surface area (Å²) in [5.74, 6) is 0.899. The SMILES string of the molecule is CC(C)(C)c1ccc(-n2c(-c3cc(C(C)(C)C)cc(C(C)(C)C)c3O)nc3c(-c4[c-]c(-c5nccc6oc7cc8ccccc8cc7c56)cc(-c5ccccc5)c4)cccc32)c(-c2ccccc2)c1.[Pt]. The molecule has 0 spiro atoms. The van der Waals surface area contributed by atoms with Gasteiger partial charge in [0.2, 0.25) is 0 Å². The van der Waals surface area contributed by atoms with E-state index in [4.69, 9.17) is 14.4 Å². The van der Waals surface area contributed by atoms with Crippen LogP contribution in [0.3, 0.4) is 0 Å². The summed E-state index contributed by atoms with van der Waals surface area (Å²) in [6.07, 6.45) is 1.83. The number of aromatic hydroxyl groups is 1. The number of phenolic OH excluding ortho intramolecular Hbond substituents is 1. The number of aromatic nitrogens is 3. The number of imidazole rings is 1. The number of hydrogen-bond donors (Lipinski definition) is 1. The molecule has 1 N–H and O–H groups in total. The predicted molar refractivity (Wildman–Crippen MR) is 287 cm³/mol. The van der Waals surface area contributed by atoms with Crippen molar-refractivity contribution in [2.45, 2.75) is 78.6 Å². The fourth-order valence-corrected chi connectivity index (χ4v) is 9.85. The van der Waals surface area contributed by atoms with Crippen molar-refractivity contribution in [2.75, 3.05) is 0 Å². The first-order chi connectivity index (χ1) is 33.0. The Kier molecular flexibility index (Phi) is 11.6. The van der Waals surface area contributed by atoms with E-state index in [0.29, 0.717) is 11.4 Å². The summed E-state index contributed by atoms with van der Waals surface area (Å²) in [6, 6.07) is 61.6. The molecule has 5 nitrogen and oxygen atoms in total. The van der Waals surface area contributed by atoms with Crippen molar-refractivity contribution < 1.29 is 30.6 Å². The zero-order valence-corrected chi connectivity index (χ0v) is 43.5. The summed E-state index contributed by atoms with van der Waals surface area (Å²) in [5.41, 5.74) is 15.3. The molecular weight excluding hydrogens is 1040 g/mol. The quantitative estimate of drug-likeness (QED) is 0.169. The van der Waals surface area contributed by atoms with Gasteiger partial charge in [-0.05, 0) is 91.7 Å². The molecule has 0 radical (unpaired) electrons. The molecule has 0 aliphatic carbocycles. The number of pyridine rings is 1. The van der Waals surface area contributed by atoms with Crippen LogP contribution in [0, 0.1) is 6.07 Å². The van der Waals surface area contributed by atoms with E-state index in [9.17, 15) is 5.11 Å². The number of fused-ring (bicyclic) bond motifs is 5. The van der Waals surface area contributed by atoms with Gasteiger partial charge >= 0.3 is 0 Å². The van der Waals surface area contributed by atoms with Crippen LogP contribution in [-0.4, -0.2) is 19.6 Å². The molecular formula is C64H56N3O2Pt-. The Balaban J connectivity index is 0.00000567. The van der Waals surface area contributed by atoms with Gasteiger partial charge in [-0.25, -0.2) is 4.98 Å². The third-order valence-corrected chi connectivity index (χ3v) is 13.7. The Morgan fingerprint density at radius 3 is 1.86 bits per heavy atom. The van der Waals surface area contributed by atoms with E-state index in [0.717, 1.165) is 105 Å². The van der Waals surface area contributed by atoms with E-state index >= 15 is 0 Å². The summed E-state index contributed by atoms with van der Waals surface area (Å²) in [5, 5.41) is 16.9. The molecule has 0 amide bonds. The molecule has 6 heteroatoms.